The maximum Gasteiger partial charge on any atom is 0.317 e. The zero-order valence-corrected chi connectivity index (χ0v) is 9.18. The summed E-state index contributed by atoms with van der Waals surface area (Å²) in [6, 6.07) is 0. The van der Waals surface area contributed by atoms with Crippen LogP contribution >= 0.6 is 0 Å². The van der Waals surface area contributed by atoms with Gasteiger partial charge >= 0.3 is 5.97 Å². The van der Waals surface area contributed by atoms with Crippen LogP contribution in [-0.2, 0) is 14.3 Å². The van der Waals surface area contributed by atoms with E-state index in [1.54, 1.807) is 12.2 Å². The molecule has 1 saturated carbocycles. The zero-order chi connectivity index (χ0) is 11.3. The van der Waals surface area contributed by atoms with Crippen molar-refractivity contribution in [2.75, 3.05) is 7.11 Å². The van der Waals surface area contributed by atoms with Gasteiger partial charge in [-0.3, -0.25) is 9.59 Å². The van der Waals surface area contributed by atoms with Crippen LogP contribution in [0.3, 0.4) is 0 Å². The van der Waals surface area contributed by atoms with E-state index in [1.807, 2.05) is 0 Å². The highest BCUT2D eigenvalue weighted by atomic mass is 16.5. The number of fused-ring (bicyclic) bond motifs is 1. The Morgan fingerprint density at radius 2 is 2.25 bits per heavy atom. The summed E-state index contributed by atoms with van der Waals surface area (Å²) in [7, 11) is 1.40. The molecule has 0 saturated heterocycles. The first kappa shape index (κ1) is 9.82. The van der Waals surface area contributed by atoms with Crippen molar-refractivity contribution in [1.82, 2.24) is 0 Å². The Morgan fingerprint density at radius 3 is 2.88 bits per heavy atom. The van der Waals surface area contributed by atoms with Crippen LogP contribution in [0.1, 0.15) is 12.8 Å². The molecule has 4 aliphatic carbocycles. The summed E-state index contributed by atoms with van der Waals surface area (Å²) in [6.07, 6.45) is 9.53. The van der Waals surface area contributed by atoms with Gasteiger partial charge < -0.3 is 4.74 Å². The lowest BCUT2D eigenvalue weighted by molar-refractivity contribution is -0.161. The van der Waals surface area contributed by atoms with Gasteiger partial charge in [0.1, 0.15) is 5.41 Å². The highest BCUT2D eigenvalue weighted by Gasteiger charge is 2.61. The first-order valence-electron chi connectivity index (χ1n) is 5.70. The molecule has 0 aromatic rings. The second-order valence-electron chi connectivity index (χ2n) is 4.87. The number of allylic oxidation sites excluding steroid dienone is 3. The van der Waals surface area contributed by atoms with Crippen molar-refractivity contribution in [3.8, 4) is 0 Å². The zero-order valence-electron chi connectivity index (χ0n) is 9.18. The standard InChI is InChI=1S/C13H14O3/c1-16-12(15)13-7-6-10(14)11(13)8-2-4-9(13)5-3-8/h2,4,6-9,11H,3,5H2,1H3/t8-,9+,11?,13-/m0/s1. The van der Waals surface area contributed by atoms with Gasteiger partial charge in [-0.2, -0.15) is 0 Å². The molecule has 1 fully saturated rings. The summed E-state index contributed by atoms with van der Waals surface area (Å²) >= 11 is 0. The molecule has 3 heteroatoms. The van der Waals surface area contributed by atoms with Crippen LogP contribution in [0.25, 0.3) is 0 Å². The topological polar surface area (TPSA) is 43.4 Å². The fraction of sp³-hybridized carbons (Fsp3) is 0.538. The molecule has 1 unspecified atom stereocenters. The van der Waals surface area contributed by atoms with E-state index in [9.17, 15) is 9.59 Å². The minimum absolute atomic E-state index is 0.0875. The number of ether oxygens (including phenoxy) is 1. The molecule has 0 amide bonds. The van der Waals surface area contributed by atoms with Crippen molar-refractivity contribution in [3.63, 3.8) is 0 Å². The number of ketones is 1. The Balaban J connectivity index is 2.14. The monoisotopic (exact) mass is 218 g/mol. The maximum atomic E-state index is 12.0. The minimum atomic E-state index is -0.691. The van der Waals surface area contributed by atoms with Crippen molar-refractivity contribution in [2.45, 2.75) is 12.8 Å². The third-order valence-electron chi connectivity index (χ3n) is 4.33. The van der Waals surface area contributed by atoms with Gasteiger partial charge in [0, 0.05) is 5.92 Å². The van der Waals surface area contributed by atoms with Crippen LogP contribution < -0.4 is 0 Å². The summed E-state index contributed by atoms with van der Waals surface area (Å²) in [5, 5.41) is 0. The SMILES string of the molecule is COC(=O)[C@]12C=CC(=O)C1[C@H]1C=C[C@@H]2CC1. The van der Waals surface area contributed by atoms with Gasteiger partial charge in [0.2, 0.25) is 0 Å². The quantitative estimate of drug-likeness (QED) is 0.495. The molecule has 16 heavy (non-hydrogen) atoms. The molecular formula is C13H14O3. The third-order valence-corrected chi connectivity index (χ3v) is 4.33. The predicted octanol–water partition coefficient (Wildman–Crippen LogP) is 1.50. The van der Waals surface area contributed by atoms with Gasteiger partial charge in [0.25, 0.3) is 0 Å². The van der Waals surface area contributed by atoms with Gasteiger partial charge in [0.05, 0.1) is 7.11 Å². The van der Waals surface area contributed by atoms with Crippen molar-refractivity contribution >= 4 is 11.8 Å². The van der Waals surface area contributed by atoms with Crippen LogP contribution in [0.15, 0.2) is 24.3 Å². The maximum absolute atomic E-state index is 12.0. The fourth-order valence-corrected chi connectivity index (χ4v) is 3.62. The summed E-state index contributed by atoms with van der Waals surface area (Å²) < 4.78 is 4.92. The molecule has 4 aliphatic rings. The molecule has 4 rings (SSSR count). The molecule has 0 aliphatic heterocycles. The van der Waals surface area contributed by atoms with Gasteiger partial charge in [-0.1, -0.05) is 18.2 Å². The second kappa shape index (κ2) is 3.06. The van der Waals surface area contributed by atoms with E-state index >= 15 is 0 Å². The molecule has 0 aromatic heterocycles. The lowest BCUT2D eigenvalue weighted by Crippen LogP contribution is -2.51. The van der Waals surface area contributed by atoms with E-state index in [-0.39, 0.29) is 29.5 Å². The highest BCUT2D eigenvalue weighted by molar-refractivity contribution is 6.02. The first-order chi connectivity index (χ1) is 7.70. The molecular weight excluding hydrogens is 204 g/mol. The Bertz CT molecular complexity index is 421. The number of methoxy groups -OCH3 is 1. The fourth-order valence-electron chi connectivity index (χ4n) is 3.62. The Morgan fingerprint density at radius 1 is 1.44 bits per heavy atom. The summed E-state index contributed by atoms with van der Waals surface area (Å²) in [4.78, 5) is 23.9. The van der Waals surface area contributed by atoms with Crippen molar-refractivity contribution in [3.05, 3.63) is 24.3 Å². The average Bonchev–Trinajstić information content (AvgIpc) is 2.71. The minimum Gasteiger partial charge on any atom is -0.468 e. The normalized spacial score (nSPS) is 43.6. The molecule has 0 radical (unpaired) electrons. The lowest BCUT2D eigenvalue weighted by atomic mass is 9.54. The predicted molar refractivity (Wildman–Crippen MR) is 57.4 cm³/mol. The van der Waals surface area contributed by atoms with Crippen LogP contribution in [0.5, 0.6) is 0 Å². The number of rotatable bonds is 1. The van der Waals surface area contributed by atoms with Crippen LogP contribution in [0.2, 0.25) is 0 Å². The van der Waals surface area contributed by atoms with E-state index < -0.39 is 5.41 Å². The smallest absolute Gasteiger partial charge is 0.317 e. The molecule has 0 aromatic carbocycles. The number of hydrogen-bond acceptors (Lipinski definition) is 3. The molecule has 3 nitrogen and oxygen atoms in total. The molecule has 2 bridgehead atoms. The van der Waals surface area contributed by atoms with E-state index in [0.717, 1.165) is 12.8 Å². The van der Waals surface area contributed by atoms with Crippen molar-refractivity contribution in [1.29, 1.82) is 0 Å². The molecule has 0 N–H and O–H groups in total. The van der Waals surface area contributed by atoms with Gasteiger partial charge in [-0.25, -0.2) is 0 Å². The van der Waals surface area contributed by atoms with Gasteiger partial charge in [-0.15, -0.1) is 0 Å². The van der Waals surface area contributed by atoms with Gasteiger partial charge in [-0.05, 0) is 30.8 Å². The Hall–Kier alpha value is -1.38. The Kier molecular flexibility index (Phi) is 1.88. The van der Waals surface area contributed by atoms with E-state index in [1.165, 1.54) is 7.11 Å². The average molecular weight is 218 g/mol. The molecule has 0 heterocycles. The van der Waals surface area contributed by atoms with Gasteiger partial charge in [0.15, 0.2) is 5.78 Å². The third kappa shape index (κ3) is 0.938. The number of carbonyl (C=O) groups is 2. The Labute approximate surface area is 94.2 Å². The van der Waals surface area contributed by atoms with Crippen molar-refractivity contribution in [2.24, 2.45) is 23.2 Å². The highest BCUT2D eigenvalue weighted by Crippen LogP contribution is 2.57. The van der Waals surface area contributed by atoms with Crippen LogP contribution in [-0.4, -0.2) is 18.9 Å². The second-order valence-corrected chi connectivity index (χ2v) is 4.87. The van der Waals surface area contributed by atoms with E-state index in [4.69, 9.17) is 4.74 Å². The summed E-state index contributed by atoms with van der Waals surface area (Å²) in [5.41, 5.74) is -0.691. The molecule has 0 spiro atoms. The largest absolute Gasteiger partial charge is 0.468 e. The first-order valence-corrected chi connectivity index (χ1v) is 5.70. The molecule has 84 valence electrons. The summed E-state index contributed by atoms with van der Waals surface area (Å²) in [5.74, 6) is -0.0175. The van der Waals surface area contributed by atoms with Crippen LogP contribution in [0, 0.1) is 23.2 Å². The number of hydrogen-bond donors (Lipinski definition) is 0. The van der Waals surface area contributed by atoms with Crippen LogP contribution in [0.4, 0.5) is 0 Å². The number of esters is 1. The molecule has 4 atom stereocenters. The lowest BCUT2D eigenvalue weighted by Gasteiger charge is -2.47. The number of carbonyl (C=O) groups excluding carboxylic acids is 2. The van der Waals surface area contributed by atoms with E-state index in [2.05, 4.69) is 12.2 Å². The van der Waals surface area contributed by atoms with E-state index in [0.29, 0.717) is 0 Å². The van der Waals surface area contributed by atoms with Crippen molar-refractivity contribution < 1.29 is 14.3 Å². The summed E-state index contributed by atoms with van der Waals surface area (Å²) in [6.45, 7) is 0.